The molecule has 2 heterocycles. The molecule has 0 aromatic rings. The lowest BCUT2D eigenvalue weighted by Crippen LogP contribution is -2.36. The lowest BCUT2D eigenvalue weighted by atomic mass is 10.1. The summed E-state index contributed by atoms with van der Waals surface area (Å²) in [6.45, 7) is 0. The zero-order valence-corrected chi connectivity index (χ0v) is 18.6. The normalized spacial score (nSPS) is 21.3. The quantitative estimate of drug-likeness (QED) is 0.133. The van der Waals surface area contributed by atoms with E-state index >= 15 is 0 Å². The van der Waals surface area contributed by atoms with E-state index in [1.807, 2.05) is 0 Å². The maximum absolute atomic E-state index is 11.8. The Bertz CT molecular complexity index is 1040. The molecule has 33 heavy (non-hydrogen) atoms. The molecule has 2 aliphatic heterocycles. The van der Waals surface area contributed by atoms with Crippen LogP contribution >= 0.6 is 0 Å². The summed E-state index contributed by atoms with van der Waals surface area (Å²) in [7, 11) is -8.00. The van der Waals surface area contributed by atoms with Crippen molar-refractivity contribution in [1.82, 2.24) is 10.1 Å². The van der Waals surface area contributed by atoms with Crippen LogP contribution < -0.4 is 0 Å². The van der Waals surface area contributed by atoms with Gasteiger partial charge in [-0.25, -0.2) is 18.0 Å². The minimum atomic E-state index is -4.82. The van der Waals surface area contributed by atoms with Gasteiger partial charge in [0.1, 0.15) is 5.25 Å². The molecule has 1 N–H and O–H groups in total. The average Bonchev–Trinajstić information content (AvgIpc) is 3.15. The van der Waals surface area contributed by atoms with Crippen molar-refractivity contribution in [3.8, 4) is 0 Å². The lowest BCUT2D eigenvalue weighted by molar-refractivity contribution is -0.197. The molecule has 0 saturated carbocycles. The number of hydrogen-bond donors (Lipinski definition) is 2. The Morgan fingerprint density at radius 1 is 0.848 bits per heavy atom. The summed E-state index contributed by atoms with van der Waals surface area (Å²) in [6, 6.07) is 0. The number of unbranched alkanes of at least 4 members (excludes halogenated alkanes) is 3. The van der Waals surface area contributed by atoms with Gasteiger partial charge in [-0.15, -0.1) is 10.1 Å². The fourth-order valence-electron chi connectivity index (χ4n) is 2.95. The fraction of sp³-hybridized carbons (Fsp3) is 0.625. The van der Waals surface area contributed by atoms with Crippen molar-refractivity contribution < 1.29 is 59.8 Å². The van der Waals surface area contributed by atoms with E-state index in [1.165, 1.54) is 0 Å². The highest BCUT2D eigenvalue weighted by atomic mass is 32.2. The van der Waals surface area contributed by atoms with Crippen molar-refractivity contribution in [2.45, 2.75) is 61.9 Å². The molecule has 2 atom stereocenters. The molecule has 0 aliphatic carbocycles. The third-order valence-electron chi connectivity index (χ3n) is 4.65. The zero-order valence-electron chi connectivity index (χ0n) is 16.9. The van der Waals surface area contributed by atoms with Crippen molar-refractivity contribution in [3.63, 3.8) is 0 Å². The van der Waals surface area contributed by atoms with Crippen molar-refractivity contribution in [2.75, 3.05) is 0 Å². The Kier molecular flexibility index (Phi) is 8.62. The number of rotatable bonds is 11. The van der Waals surface area contributed by atoms with Gasteiger partial charge in [-0.1, -0.05) is 12.8 Å². The van der Waals surface area contributed by atoms with Crippen molar-refractivity contribution in [3.05, 3.63) is 0 Å². The largest absolute Gasteiger partial charge is 0.333 e. The standard InChI is InChI=1S/C16H20N2O13S2/c19-11-7-9(32(25)26)15(23)17(11)30-13(21)5-3-1-2-4-6-14(22)31-18-12(20)8-10(16(18)24)33(27,28)29/h9-10,32H,1-8H2,(H,27,28,29). The van der Waals surface area contributed by atoms with Gasteiger partial charge in [0.05, 0.1) is 12.8 Å². The molecular weight excluding hydrogens is 492 g/mol. The summed E-state index contributed by atoms with van der Waals surface area (Å²) in [6.07, 6.45) is -0.565. The van der Waals surface area contributed by atoms with Gasteiger partial charge in [-0.2, -0.15) is 8.42 Å². The molecule has 2 saturated heterocycles. The second-order valence-electron chi connectivity index (χ2n) is 7.11. The number of carbonyl (C=O) groups is 6. The minimum Gasteiger partial charge on any atom is -0.330 e. The highest BCUT2D eigenvalue weighted by Gasteiger charge is 2.48. The molecule has 0 bridgehead atoms. The van der Waals surface area contributed by atoms with Gasteiger partial charge in [-0.05, 0) is 12.8 Å². The first-order chi connectivity index (χ1) is 15.3. The molecule has 0 radical (unpaired) electrons. The van der Waals surface area contributed by atoms with E-state index < -0.39 is 79.7 Å². The van der Waals surface area contributed by atoms with Crippen LogP contribution in [0.1, 0.15) is 51.4 Å². The predicted octanol–water partition coefficient (Wildman–Crippen LogP) is -2.00. The molecule has 17 heteroatoms. The Hall–Kier alpha value is -2.92. The number of carbonyl (C=O) groups excluding carboxylic acids is 6. The SMILES string of the molecule is O=C(CCCCCCC(=O)ON1C(=O)CC(S(=O)(=O)O)C1=O)ON1C(=O)CC([SH](=O)=O)C1=O. The predicted molar refractivity (Wildman–Crippen MR) is 102 cm³/mol. The van der Waals surface area contributed by atoms with E-state index in [1.54, 1.807) is 0 Å². The van der Waals surface area contributed by atoms with Crippen LogP contribution in [0, 0.1) is 0 Å². The van der Waals surface area contributed by atoms with Crippen LogP contribution in [0.15, 0.2) is 0 Å². The van der Waals surface area contributed by atoms with Crippen LogP contribution in [0.25, 0.3) is 0 Å². The van der Waals surface area contributed by atoms with Crippen molar-refractivity contribution >= 4 is 56.4 Å². The number of imide groups is 2. The van der Waals surface area contributed by atoms with Gasteiger partial charge in [0.2, 0.25) is 0 Å². The second-order valence-corrected chi connectivity index (χ2v) is 9.90. The van der Waals surface area contributed by atoms with E-state index in [2.05, 4.69) is 9.68 Å². The summed E-state index contributed by atoms with van der Waals surface area (Å²) in [5, 5.41) is -3.42. The van der Waals surface area contributed by atoms with E-state index in [0.717, 1.165) is 0 Å². The molecule has 0 aromatic heterocycles. The molecule has 15 nitrogen and oxygen atoms in total. The van der Waals surface area contributed by atoms with Gasteiger partial charge >= 0.3 is 11.9 Å². The molecule has 2 rings (SSSR count). The molecule has 0 spiro atoms. The van der Waals surface area contributed by atoms with Crippen LogP contribution in [-0.2, 0) is 59.3 Å². The summed E-state index contributed by atoms with van der Waals surface area (Å²) in [4.78, 5) is 79.3. The monoisotopic (exact) mass is 512 g/mol. The summed E-state index contributed by atoms with van der Waals surface area (Å²) in [5.41, 5.74) is 0. The first-order valence-electron chi connectivity index (χ1n) is 9.58. The molecule has 4 amide bonds. The van der Waals surface area contributed by atoms with Gasteiger partial charge < -0.3 is 9.68 Å². The van der Waals surface area contributed by atoms with E-state index in [9.17, 15) is 45.6 Å². The lowest BCUT2D eigenvalue weighted by Gasteiger charge is -2.13. The number of hydroxylamine groups is 4. The third-order valence-corrected chi connectivity index (χ3v) is 6.65. The van der Waals surface area contributed by atoms with Crippen molar-refractivity contribution in [2.24, 2.45) is 0 Å². The smallest absolute Gasteiger partial charge is 0.330 e. The summed E-state index contributed by atoms with van der Waals surface area (Å²) < 4.78 is 52.7. The topological polar surface area (TPSA) is 216 Å². The molecule has 2 unspecified atom stereocenters. The summed E-state index contributed by atoms with van der Waals surface area (Å²) in [5.74, 6) is -6.41. The number of hydrogen-bond acceptors (Lipinski definition) is 12. The maximum Gasteiger partial charge on any atom is 0.333 e. The van der Waals surface area contributed by atoms with E-state index in [-0.39, 0.29) is 35.8 Å². The Balaban J connectivity index is 1.64. The van der Waals surface area contributed by atoms with E-state index in [4.69, 9.17) is 4.55 Å². The van der Waals surface area contributed by atoms with Crippen molar-refractivity contribution in [1.29, 1.82) is 0 Å². The number of nitrogens with zero attached hydrogens (tertiary/aromatic N) is 2. The average molecular weight is 512 g/mol. The first-order valence-corrected chi connectivity index (χ1v) is 12.3. The Morgan fingerprint density at radius 3 is 1.70 bits per heavy atom. The zero-order chi connectivity index (χ0) is 24.9. The van der Waals surface area contributed by atoms with Gasteiger partial charge in [0.25, 0.3) is 33.7 Å². The molecule has 2 aliphatic rings. The molecule has 0 aromatic carbocycles. The second kappa shape index (κ2) is 10.8. The maximum atomic E-state index is 11.8. The Labute approximate surface area is 188 Å². The summed E-state index contributed by atoms with van der Waals surface area (Å²) >= 11 is 0. The van der Waals surface area contributed by atoms with Crippen LogP contribution in [0.2, 0.25) is 0 Å². The van der Waals surface area contributed by atoms with E-state index in [0.29, 0.717) is 12.8 Å². The Morgan fingerprint density at radius 2 is 1.30 bits per heavy atom. The minimum absolute atomic E-state index is 0.00530. The van der Waals surface area contributed by atoms with Gasteiger partial charge in [-0.3, -0.25) is 23.7 Å². The highest BCUT2D eigenvalue weighted by molar-refractivity contribution is 7.87. The number of thiol groups is 1. The van der Waals surface area contributed by atoms with Crippen LogP contribution in [0.4, 0.5) is 0 Å². The molecular formula is C16H20N2O13S2. The van der Waals surface area contributed by atoms with Crippen LogP contribution in [-0.4, -0.2) is 77.6 Å². The fourth-order valence-corrected chi connectivity index (χ4v) is 4.25. The van der Waals surface area contributed by atoms with Crippen LogP contribution in [0.5, 0.6) is 0 Å². The third kappa shape index (κ3) is 6.78. The van der Waals surface area contributed by atoms with Crippen LogP contribution in [0.3, 0.4) is 0 Å². The van der Waals surface area contributed by atoms with Gasteiger partial charge in [0, 0.05) is 12.8 Å². The first kappa shape index (κ1) is 26.3. The van der Waals surface area contributed by atoms with Gasteiger partial charge in [0.15, 0.2) is 16.0 Å². The highest BCUT2D eigenvalue weighted by Crippen LogP contribution is 2.20. The number of amides is 4. The molecule has 184 valence electrons. The molecule has 2 fully saturated rings.